The van der Waals surface area contributed by atoms with Gasteiger partial charge in [-0.1, -0.05) is 176 Å². The molecule has 0 unspecified atom stereocenters. The topological polar surface area (TPSA) is 32.8 Å². The molecule has 4 nitrogen and oxygen atoms in total. The van der Waals surface area contributed by atoms with Gasteiger partial charge in [-0.05, 0) is 112 Å². The Morgan fingerprint density at radius 3 is 1.34 bits per heavy atom. The maximum absolute atomic E-state index is 6.57. The molecule has 320 valence electrons. The van der Waals surface area contributed by atoms with Gasteiger partial charge in [0.05, 0.1) is 33.5 Å². The number of benzene rings is 11. The Hall–Kier alpha value is -9.12. The predicted octanol–water partition coefficient (Wildman–Crippen LogP) is 18.6. The number of nitrogens with zero attached hydrogens (tertiary/aromatic N) is 2. The minimum absolute atomic E-state index is 0.836. The van der Waals surface area contributed by atoms with Crippen molar-refractivity contribution in [2.24, 2.45) is 0 Å². The van der Waals surface area contributed by atoms with Crippen molar-refractivity contribution in [1.82, 2.24) is 0 Å². The summed E-state index contributed by atoms with van der Waals surface area (Å²) in [5, 5.41) is 6.68. The van der Waals surface area contributed by atoms with E-state index in [9.17, 15) is 0 Å². The molecule has 0 saturated carbocycles. The van der Waals surface area contributed by atoms with E-state index in [1.807, 2.05) is 12.1 Å². The molecule has 13 aromatic rings. The second-order valence-corrected chi connectivity index (χ2v) is 17.2. The van der Waals surface area contributed by atoms with E-state index in [4.69, 9.17) is 8.83 Å². The van der Waals surface area contributed by atoms with Crippen molar-refractivity contribution in [3.63, 3.8) is 0 Å². The molecule has 4 heteroatoms. The zero-order valence-electron chi connectivity index (χ0n) is 37.0. The summed E-state index contributed by atoms with van der Waals surface area (Å²) in [5.41, 5.74) is 16.3. The summed E-state index contributed by atoms with van der Waals surface area (Å²) in [5.74, 6) is 0. The van der Waals surface area contributed by atoms with Crippen molar-refractivity contribution < 1.29 is 8.83 Å². The highest BCUT2D eigenvalue weighted by Gasteiger charge is 2.26. The van der Waals surface area contributed by atoms with Crippen LogP contribution < -0.4 is 9.80 Å². The van der Waals surface area contributed by atoms with E-state index >= 15 is 0 Å². The monoisotopic (exact) mass is 870 g/mol. The van der Waals surface area contributed by atoms with Gasteiger partial charge in [0.2, 0.25) is 0 Å². The first-order chi connectivity index (χ1) is 33.7. The Morgan fingerprint density at radius 1 is 0.250 bits per heavy atom. The molecule has 0 saturated heterocycles. The van der Waals surface area contributed by atoms with E-state index in [1.165, 1.54) is 16.3 Å². The highest BCUT2D eigenvalue weighted by Crippen LogP contribution is 2.51. The molecule has 2 aromatic heterocycles. The molecule has 68 heavy (non-hydrogen) atoms. The van der Waals surface area contributed by atoms with Gasteiger partial charge in [-0.3, -0.25) is 0 Å². The van der Waals surface area contributed by atoms with Crippen LogP contribution in [0.15, 0.2) is 264 Å². The number of hydrogen-bond acceptors (Lipinski definition) is 4. The third-order valence-electron chi connectivity index (χ3n) is 13.2. The molecule has 2 heterocycles. The average molecular weight is 871 g/mol. The van der Waals surface area contributed by atoms with Crippen LogP contribution in [-0.2, 0) is 0 Å². The van der Waals surface area contributed by atoms with Crippen LogP contribution in [0.25, 0.3) is 88.0 Å². The second kappa shape index (κ2) is 16.4. The molecule has 11 aromatic carbocycles. The van der Waals surface area contributed by atoms with Crippen LogP contribution in [0, 0.1) is 0 Å². The van der Waals surface area contributed by atoms with Crippen LogP contribution in [0.3, 0.4) is 0 Å². The number of para-hydroxylation sites is 4. The van der Waals surface area contributed by atoms with E-state index in [2.05, 4.69) is 252 Å². The van der Waals surface area contributed by atoms with E-state index in [0.717, 1.165) is 106 Å². The lowest BCUT2D eigenvalue weighted by molar-refractivity contribution is 0.668. The fourth-order valence-electron chi connectivity index (χ4n) is 10.1. The molecule has 0 N–H and O–H groups in total. The smallest absolute Gasteiger partial charge is 0.137 e. The van der Waals surface area contributed by atoms with E-state index in [1.54, 1.807) is 0 Å². The van der Waals surface area contributed by atoms with Crippen molar-refractivity contribution in [1.29, 1.82) is 0 Å². The first kappa shape index (κ1) is 39.3. The highest BCUT2D eigenvalue weighted by molar-refractivity contribution is 6.16. The fraction of sp³-hybridized carbons (Fsp3) is 0. The number of anilines is 6. The molecule has 0 bridgehead atoms. The molecule has 0 amide bonds. The van der Waals surface area contributed by atoms with Crippen LogP contribution in [0.4, 0.5) is 34.1 Å². The van der Waals surface area contributed by atoms with Gasteiger partial charge >= 0.3 is 0 Å². The zero-order chi connectivity index (χ0) is 45.0. The SMILES string of the molecule is c1ccc(-c2ccc(N(c3ccccc3-c3ccccc3N(c3cccc(-c4ccc5ccccc5c4)c3)c3cccc4oc5ccccc5c34)c3cccc4oc5ccccc5c34)cc2)cc1. The van der Waals surface area contributed by atoms with Gasteiger partial charge in [0.15, 0.2) is 0 Å². The summed E-state index contributed by atoms with van der Waals surface area (Å²) in [7, 11) is 0. The van der Waals surface area contributed by atoms with Crippen LogP contribution >= 0.6 is 0 Å². The Balaban J connectivity index is 1.05. The van der Waals surface area contributed by atoms with Crippen molar-refractivity contribution in [2.45, 2.75) is 0 Å². The lowest BCUT2D eigenvalue weighted by atomic mass is 9.96. The molecule has 13 rings (SSSR count). The number of rotatable bonds is 9. The Morgan fingerprint density at radius 2 is 0.691 bits per heavy atom. The molecule has 0 spiro atoms. The summed E-state index contributed by atoms with van der Waals surface area (Å²) >= 11 is 0. The van der Waals surface area contributed by atoms with Gasteiger partial charge in [0, 0.05) is 33.3 Å². The van der Waals surface area contributed by atoms with Crippen LogP contribution in [0.1, 0.15) is 0 Å². The van der Waals surface area contributed by atoms with Gasteiger partial charge in [0.1, 0.15) is 22.3 Å². The summed E-state index contributed by atoms with van der Waals surface area (Å²) in [6.45, 7) is 0. The number of fused-ring (bicyclic) bond motifs is 7. The van der Waals surface area contributed by atoms with E-state index in [0.29, 0.717) is 0 Å². The number of hydrogen-bond donors (Lipinski definition) is 0. The third kappa shape index (κ3) is 6.69. The summed E-state index contributed by atoms with van der Waals surface area (Å²) < 4.78 is 13.1. The lowest BCUT2D eigenvalue weighted by Crippen LogP contribution is -2.14. The average Bonchev–Trinajstić information content (AvgIpc) is 3.99. The summed E-state index contributed by atoms with van der Waals surface area (Å²) in [6.07, 6.45) is 0. The third-order valence-corrected chi connectivity index (χ3v) is 13.2. The van der Waals surface area contributed by atoms with Crippen LogP contribution in [0.2, 0.25) is 0 Å². The molecule has 0 radical (unpaired) electrons. The van der Waals surface area contributed by atoms with Crippen molar-refractivity contribution >= 4 is 88.8 Å². The normalized spacial score (nSPS) is 11.5. The molecule has 0 aliphatic carbocycles. The van der Waals surface area contributed by atoms with Crippen molar-refractivity contribution in [3.05, 3.63) is 255 Å². The standard InChI is InChI=1S/C64H42N2O2/c1-2-17-43(18-3-1)45-37-39-49(40-38-45)65(57-29-15-33-61-63(57)53-25-8-12-31-59(53)67-61)55-27-10-6-23-51(55)52-24-7-11-28-56(52)66(58-30-16-34-62-64(58)54-26-9-13-32-60(54)68-62)50-22-14-21-47(42-50)48-36-35-44-19-4-5-20-46(44)41-48/h1-42H. The second-order valence-electron chi connectivity index (χ2n) is 17.2. The minimum Gasteiger partial charge on any atom is -0.456 e. The molecular weight excluding hydrogens is 829 g/mol. The fourth-order valence-corrected chi connectivity index (χ4v) is 10.1. The Kier molecular flexibility index (Phi) is 9.47. The molecule has 0 atom stereocenters. The summed E-state index contributed by atoms with van der Waals surface area (Å²) in [4.78, 5) is 4.82. The first-order valence-electron chi connectivity index (χ1n) is 23.1. The maximum Gasteiger partial charge on any atom is 0.137 e. The summed E-state index contributed by atoms with van der Waals surface area (Å²) in [6, 6.07) is 90.7. The zero-order valence-corrected chi connectivity index (χ0v) is 37.0. The van der Waals surface area contributed by atoms with Gasteiger partial charge in [-0.15, -0.1) is 0 Å². The van der Waals surface area contributed by atoms with Crippen LogP contribution in [0.5, 0.6) is 0 Å². The van der Waals surface area contributed by atoms with Gasteiger partial charge in [-0.2, -0.15) is 0 Å². The van der Waals surface area contributed by atoms with Gasteiger partial charge in [-0.25, -0.2) is 0 Å². The Bertz CT molecular complexity index is 4000. The molecule has 0 fully saturated rings. The predicted molar refractivity (Wildman–Crippen MR) is 284 cm³/mol. The Labute approximate surface area is 393 Å². The molecule has 0 aliphatic rings. The molecular formula is C64H42N2O2. The van der Waals surface area contributed by atoms with E-state index in [-0.39, 0.29) is 0 Å². The first-order valence-corrected chi connectivity index (χ1v) is 23.1. The highest BCUT2D eigenvalue weighted by atomic mass is 16.3. The van der Waals surface area contributed by atoms with Crippen molar-refractivity contribution in [2.75, 3.05) is 9.80 Å². The van der Waals surface area contributed by atoms with Crippen LogP contribution in [-0.4, -0.2) is 0 Å². The van der Waals surface area contributed by atoms with Crippen molar-refractivity contribution in [3.8, 4) is 33.4 Å². The van der Waals surface area contributed by atoms with E-state index < -0.39 is 0 Å². The van der Waals surface area contributed by atoms with Gasteiger partial charge < -0.3 is 18.6 Å². The lowest BCUT2D eigenvalue weighted by Gasteiger charge is -2.32. The number of furan rings is 2. The maximum atomic E-state index is 6.57. The molecule has 0 aliphatic heterocycles. The largest absolute Gasteiger partial charge is 0.456 e. The minimum atomic E-state index is 0.836. The quantitative estimate of drug-likeness (QED) is 0.145. The van der Waals surface area contributed by atoms with Gasteiger partial charge in [0.25, 0.3) is 0 Å².